The number of fused-ring (bicyclic) bond motifs is 2. The summed E-state index contributed by atoms with van der Waals surface area (Å²) in [6.07, 6.45) is -2.84. The lowest BCUT2D eigenvalue weighted by Gasteiger charge is -2.36. The highest BCUT2D eigenvalue weighted by molar-refractivity contribution is 6.30. The first kappa shape index (κ1) is 27.2. The molecule has 2 N–H and O–H groups in total. The van der Waals surface area contributed by atoms with Gasteiger partial charge in [0.05, 0.1) is 10.7 Å². The minimum Gasteiger partial charge on any atom is -0.428 e. The Morgan fingerprint density at radius 1 is 1.05 bits per heavy atom. The SMILES string of the molecule is O=C(N[C@@H]1C[C@@H]2CC[C@H]1C2)N[C@](Cc1ccccc1)(c1cccc(OC(F)(F)C(F)F)c1)c1ccc(Cl)cn1. The van der Waals surface area contributed by atoms with Crippen molar-refractivity contribution in [1.29, 1.82) is 0 Å². The topological polar surface area (TPSA) is 63.2 Å². The lowest BCUT2D eigenvalue weighted by Crippen LogP contribution is -2.55. The fourth-order valence-electron chi connectivity index (χ4n) is 5.90. The normalized spacial score (nSPS) is 21.9. The van der Waals surface area contributed by atoms with Gasteiger partial charge in [-0.15, -0.1) is 0 Å². The Hall–Kier alpha value is -3.33. The van der Waals surface area contributed by atoms with Crippen LogP contribution in [0.4, 0.5) is 22.4 Å². The first-order valence-electron chi connectivity index (χ1n) is 12.8. The van der Waals surface area contributed by atoms with E-state index in [-0.39, 0.29) is 12.5 Å². The molecule has 10 heteroatoms. The highest BCUT2D eigenvalue weighted by Crippen LogP contribution is 2.44. The van der Waals surface area contributed by atoms with Crippen molar-refractivity contribution < 1.29 is 27.1 Å². The van der Waals surface area contributed by atoms with Gasteiger partial charge in [-0.3, -0.25) is 4.98 Å². The molecule has 0 saturated heterocycles. The predicted molar refractivity (Wildman–Crippen MR) is 139 cm³/mol. The van der Waals surface area contributed by atoms with E-state index in [1.54, 1.807) is 18.2 Å². The highest BCUT2D eigenvalue weighted by Gasteiger charge is 2.45. The van der Waals surface area contributed by atoms with E-state index in [1.807, 2.05) is 30.3 Å². The van der Waals surface area contributed by atoms with E-state index in [0.717, 1.165) is 30.9 Å². The standard InChI is InChI=1S/C29H28ClF4N3O2/c30-22-11-12-25(35-17-22)28(16-18-5-2-1-3-6-18,37-27(38)36-24-14-19-9-10-20(24)13-19)21-7-4-8-23(15-21)39-29(33,34)26(31)32/h1-8,11-12,15,17,19-20,24,26H,9-10,13-14,16H2,(H2,36,37,38)/t19-,20+,24-,28-/m1/s1. The van der Waals surface area contributed by atoms with Crippen molar-refractivity contribution in [3.05, 3.63) is 94.8 Å². The number of pyridine rings is 1. The van der Waals surface area contributed by atoms with E-state index < -0.39 is 29.9 Å². The Morgan fingerprint density at radius 3 is 2.49 bits per heavy atom. The summed E-state index contributed by atoms with van der Waals surface area (Å²) in [6, 6.07) is 17.5. The molecule has 0 spiro atoms. The molecule has 2 bridgehead atoms. The van der Waals surface area contributed by atoms with Gasteiger partial charge in [0.15, 0.2) is 0 Å². The van der Waals surface area contributed by atoms with E-state index in [9.17, 15) is 22.4 Å². The van der Waals surface area contributed by atoms with Crippen LogP contribution < -0.4 is 15.4 Å². The third kappa shape index (κ3) is 5.98. The van der Waals surface area contributed by atoms with Crippen LogP contribution in [0.2, 0.25) is 5.02 Å². The summed E-state index contributed by atoms with van der Waals surface area (Å²) in [5, 5.41) is 6.57. The molecule has 5 nitrogen and oxygen atoms in total. The third-order valence-electron chi connectivity index (χ3n) is 7.69. The number of carbonyl (C=O) groups is 1. The second-order valence-electron chi connectivity index (χ2n) is 10.3. The van der Waals surface area contributed by atoms with Crippen LogP contribution in [0.25, 0.3) is 0 Å². The zero-order valence-electron chi connectivity index (χ0n) is 20.9. The number of aromatic nitrogens is 1. The number of nitrogens with one attached hydrogen (secondary N) is 2. The average Bonchev–Trinajstić information content (AvgIpc) is 3.52. The monoisotopic (exact) mass is 561 g/mol. The third-order valence-corrected chi connectivity index (χ3v) is 7.92. The number of benzene rings is 2. The van der Waals surface area contributed by atoms with Gasteiger partial charge in [-0.2, -0.15) is 17.6 Å². The largest absolute Gasteiger partial charge is 0.461 e. The molecule has 0 aliphatic heterocycles. The summed E-state index contributed by atoms with van der Waals surface area (Å²) in [7, 11) is 0. The average molecular weight is 562 g/mol. The van der Waals surface area contributed by atoms with Crippen LogP contribution in [0.15, 0.2) is 72.9 Å². The Balaban J connectivity index is 1.57. The Labute approximate surface area is 228 Å². The van der Waals surface area contributed by atoms with Gasteiger partial charge in [-0.25, -0.2) is 4.79 Å². The van der Waals surface area contributed by atoms with Crippen molar-refractivity contribution in [1.82, 2.24) is 15.6 Å². The van der Waals surface area contributed by atoms with Gasteiger partial charge in [0, 0.05) is 18.7 Å². The number of urea groups is 1. The first-order valence-corrected chi connectivity index (χ1v) is 13.2. The van der Waals surface area contributed by atoms with E-state index in [1.165, 1.54) is 24.8 Å². The summed E-state index contributed by atoms with van der Waals surface area (Å²) in [5.74, 6) is 0.559. The number of hydrogen-bond donors (Lipinski definition) is 2. The molecule has 2 aliphatic carbocycles. The molecule has 206 valence electrons. The smallest absolute Gasteiger partial charge is 0.428 e. The lowest BCUT2D eigenvalue weighted by molar-refractivity contribution is -0.253. The Morgan fingerprint density at radius 2 is 1.85 bits per heavy atom. The van der Waals surface area contributed by atoms with Gasteiger partial charge >= 0.3 is 18.6 Å². The molecule has 4 atom stereocenters. The van der Waals surface area contributed by atoms with Crippen molar-refractivity contribution in [3.63, 3.8) is 0 Å². The molecule has 2 fully saturated rings. The van der Waals surface area contributed by atoms with Crippen molar-refractivity contribution >= 4 is 17.6 Å². The molecule has 2 saturated carbocycles. The van der Waals surface area contributed by atoms with Gasteiger partial charge in [0.25, 0.3) is 0 Å². The number of carbonyl (C=O) groups excluding carboxylic acids is 1. The minimum absolute atomic E-state index is 0.0377. The van der Waals surface area contributed by atoms with E-state index in [4.69, 9.17) is 11.6 Å². The summed E-state index contributed by atoms with van der Waals surface area (Å²) in [4.78, 5) is 18.1. The number of ether oxygens (including phenoxy) is 1. The molecule has 2 amide bonds. The molecule has 2 aliphatic rings. The summed E-state index contributed by atoms with van der Waals surface area (Å²) < 4.78 is 57.8. The van der Waals surface area contributed by atoms with E-state index >= 15 is 0 Å². The minimum atomic E-state index is -4.69. The van der Waals surface area contributed by atoms with Crippen molar-refractivity contribution in [2.75, 3.05) is 0 Å². The van der Waals surface area contributed by atoms with Gasteiger partial charge < -0.3 is 15.4 Å². The molecule has 3 aromatic rings. The molecular weight excluding hydrogens is 534 g/mol. The maximum absolute atomic E-state index is 13.8. The Bertz CT molecular complexity index is 1300. The Kier molecular flexibility index (Phi) is 7.71. The zero-order valence-corrected chi connectivity index (χ0v) is 21.7. The van der Waals surface area contributed by atoms with Crippen LogP contribution in [0, 0.1) is 11.8 Å². The first-order chi connectivity index (χ1) is 18.6. The van der Waals surface area contributed by atoms with Crippen LogP contribution in [0.3, 0.4) is 0 Å². The van der Waals surface area contributed by atoms with Crippen molar-refractivity contribution in [3.8, 4) is 5.75 Å². The number of halogens is 5. The molecule has 0 unspecified atom stereocenters. The number of hydrogen-bond acceptors (Lipinski definition) is 3. The van der Waals surface area contributed by atoms with E-state index in [0.29, 0.717) is 28.1 Å². The van der Waals surface area contributed by atoms with Crippen LogP contribution in [0.5, 0.6) is 5.75 Å². The number of alkyl halides is 4. The van der Waals surface area contributed by atoms with E-state index in [2.05, 4.69) is 20.4 Å². The second-order valence-corrected chi connectivity index (χ2v) is 10.7. The zero-order chi connectivity index (χ0) is 27.6. The fourth-order valence-corrected chi connectivity index (χ4v) is 6.01. The van der Waals surface area contributed by atoms with Crippen LogP contribution >= 0.6 is 11.6 Å². The maximum Gasteiger partial charge on any atom is 0.461 e. The lowest BCUT2D eigenvalue weighted by atomic mass is 9.80. The van der Waals surface area contributed by atoms with Crippen molar-refractivity contribution in [2.45, 2.75) is 56.2 Å². The molecule has 5 rings (SSSR count). The quantitative estimate of drug-likeness (QED) is 0.278. The van der Waals surface area contributed by atoms with Crippen LogP contribution in [-0.2, 0) is 12.0 Å². The highest BCUT2D eigenvalue weighted by atomic mass is 35.5. The summed E-state index contributed by atoms with van der Waals surface area (Å²) in [5.41, 5.74) is 0.148. The molecule has 1 aromatic heterocycles. The van der Waals surface area contributed by atoms with Crippen LogP contribution in [0.1, 0.15) is 42.5 Å². The number of amides is 2. The fraction of sp³-hybridized carbons (Fsp3) is 0.379. The predicted octanol–water partition coefficient (Wildman–Crippen LogP) is 6.95. The molecule has 39 heavy (non-hydrogen) atoms. The summed E-state index contributed by atoms with van der Waals surface area (Å²) in [6.45, 7) is 0. The van der Waals surface area contributed by atoms with Crippen molar-refractivity contribution in [2.24, 2.45) is 11.8 Å². The van der Waals surface area contributed by atoms with Gasteiger partial charge in [0.2, 0.25) is 0 Å². The molecule has 0 radical (unpaired) electrons. The molecule has 2 aromatic carbocycles. The van der Waals surface area contributed by atoms with Gasteiger partial charge in [0.1, 0.15) is 11.3 Å². The maximum atomic E-state index is 13.8. The van der Waals surface area contributed by atoms with Gasteiger partial charge in [-0.05, 0) is 66.5 Å². The number of nitrogens with zero attached hydrogens (tertiary/aromatic N) is 1. The summed E-state index contributed by atoms with van der Waals surface area (Å²) >= 11 is 6.11. The molecule has 1 heterocycles. The van der Waals surface area contributed by atoms with Gasteiger partial charge in [-0.1, -0.05) is 60.5 Å². The second kappa shape index (κ2) is 11.0. The van der Waals surface area contributed by atoms with Crippen LogP contribution in [-0.4, -0.2) is 29.6 Å². The molecular formula is C29H28ClF4N3O2. The number of rotatable bonds is 9.